The number of nitrogens with zero attached hydrogens (tertiary/aromatic N) is 4. The molecule has 1 spiro atoms. The van der Waals surface area contributed by atoms with Crippen LogP contribution in [0.4, 0.5) is 68.2 Å². The third-order valence-corrected chi connectivity index (χ3v) is 17.0. The summed E-state index contributed by atoms with van der Waals surface area (Å²) in [4.78, 5) is 9.72. The first-order chi connectivity index (χ1) is 40.6. The van der Waals surface area contributed by atoms with Crippen LogP contribution in [-0.2, 0) is 5.41 Å². The highest BCUT2D eigenvalue weighted by Gasteiger charge is 2.53. The molecule has 400 valence electrons. The van der Waals surface area contributed by atoms with E-state index in [-0.39, 0.29) is 0 Å². The summed E-state index contributed by atoms with van der Waals surface area (Å²) in [6.45, 7) is 13.0. The molecule has 4 heteroatoms. The van der Waals surface area contributed by atoms with Crippen LogP contribution in [0.25, 0.3) is 22.3 Å². The highest BCUT2D eigenvalue weighted by atomic mass is 15.2. The molecule has 0 fully saturated rings. The second-order valence-electron chi connectivity index (χ2n) is 22.7. The Morgan fingerprint density at radius 1 is 0.181 bits per heavy atom. The van der Waals surface area contributed by atoms with Crippen LogP contribution in [0.1, 0.15) is 55.6 Å². The smallest absolute Gasteiger partial charge is 0.0728 e. The first-order valence-electron chi connectivity index (χ1n) is 28.9. The predicted octanol–water partition coefficient (Wildman–Crippen LogP) is 21.8. The van der Waals surface area contributed by atoms with Crippen molar-refractivity contribution in [2.75, 3.05) is 19.6 Å². The lowest BCUT2D eigenvalue weighted by molar-refractivity contribution is 0.793. The fraction of sp³-hybridized carbons (Fsp3) is 0.0886. The van der Waals surface area contributed by atoms with E-state index in [1.165, 1.54) is 77.9 Å². The Hall–Kier alpha value is -10.2. The van der Waals surface area contributed by atoms with Crippen molar-refractivity contribution in [2.24, 2.45) is 0 Å². The van der Waals surface area contributed by atoms with E-state index < -0.39 is 5.41 Å². The van der Waals surface area contributed by atoms with E-state index in [1.807, 2.05) is 0 Å². The van der Waals surface area contributed by atoms with E-state index in [1.54, 1.807) is 0 Å². The van der Waals surface area contributed by atoms with Crippen LogP contribution in [0, 0.1) is 41.5 Å². The topological polar surface area (TPSA) is 13.0 Å². The summed E-state index contributed by atoms with van der Waals surface area (Å²) in [5.74, 6) is 0. The summed E-state index contributed by atoms with van der Waals surface area (Å²) in [7, 11) is 0. The van der Waals surface area contributed by atoms with E-state index in [2.05, 4.69) is 340 Å². The Labute approximate surface area is 489 Å². The molecule has 12 aromatic rings. The molecule has 0 aliphatic heterocycles. The van der Waals surface area contributed by atoms with E-state index in [4.69, 9.17) is 0 Å². The van der Waals surface area contributed by atoms with E-state index in [0.717, 1.165) is 68.2 Å². The highest BCUT2D eigenvalue weighted by Crippen LogP contribution is 2.65. The third kappa shape index (κ3) is 8.95. The number of para-hydroxylation sites is 2. The zero-order chi connectivity index (χ0) is 56.3. The molecule has 0 bridgehead atoms. The van der Waals surface area contributed by atoms with Gasteiger partial charge in [-0.05, 0) is 232 Å². The number of fused-ring (bicyclic) bond motifs is 10. The van der Waals surface area contributed by atoms with E-state index in [9.17, 15) is 0 Å². The molecule has 0 radical (unpaired) electrons. The summed E-state index contributed by atoms with van der Waals surface area (Å²) in [6, 6.07) is 104. The van der Waals surface area contributed by atoms with Gasteiger partial charge in [0.1, 0.15) is 0 Å². The minimum atomic E-state index is -0.836. The Balaban J connectivity index is 1.10. The monoisotopic (exact) mass is 1070 g/mol. The van der Waals surface area contributed by atoms with Gasteiger partial charge in [0.2, 0.25) is 0 Å². The maximum absolute atomic E-state index is 2.52. The Morgan fingerprint density at radius 3 is 0.542 bits per heavy atom. The number of hydrogen-bond acceptors (Lipinski definition) is 4. The lowest BCUT2D eigenvalue weighted by Crippen LogP contribution is -2.27. The van der Waals surface area contributed by atoms with Crippen LogP contribution in [-0.4, -0.2) is 0 Å². The standard InChI is InChI=1S/C79H64N4/c1-53-17-29-61(30-18-53)80(59-13-9-7-10-14-59)67-41-45-71-73-47-43-69(82(63-33-21-55(3)22-34-63)64-35-23-56(4)24-36-64)51-77(73)79(75(71)49-67)76-50-68(81(60-15-11-8-12-16-60)62-31-19-54(2)20-32-62)42-46-72(76)74-48-44-70(52-78(74)79)83(65-37-25-57(5)26-38-65)66-39-27-58(6)28-40-66/h7-52H,1-6H3. The molecule has 4 nitrogen and oxygen atoms in total. The normalized spacial score (nSPS) is 12.3. The largest absolute Gasteiger partial charge is 0.310 e. The molecule has 83 heavy (non-hydrogen) atoms. The van der Waals surface area contributed by atoms with Crippen molar-refractivity contribution in [3.63, 3.8) is 0 Å². The molecule has 0 heterocycles. The second kappa shape index (κ2) is 20.7. The summed E-state index contributed by atoms with van der Waals surface area (Å²) >= 11 is 0. The van der Waals surface area contributed by atoms with Gasteiger partial charge < -0.3 is 19.6 Å². The fourth-order valence-electron chi connectivity index (χ4n) is 12.8. The van der Waals surface area contributed by atoms with Gasteiger partial charge in [0.15, 0.2) is 0 Å². The number of anilines is 12. The molecule has 2 aliphatic rings. The van der Waals surface area contributed by atoms with Crippen molar-refractivity contribution in [3.05, 3.63) is 335 Å². The number of aryl methyl sites for hydroxylation is 6. The van der Waals surface area contributed by atoms with Gasteiger partial charge in [-0.3, -0.25) is 0 Å². The van der Waals surface area contributed by atoms with Crippen LogP contribution in [0.5, 0.6) is 0 Å². The first kappa shape index (κ1) is 51.0. The fourth-order valence-corrected chi connectivity index (χ4v) is 12.8. The highest BCUT2D eigenvalue weighted by molar-refractivity contribution is 6.00. The second-order valence-corrected chi connectivity index (χ2v) is 22.7. The van der Waals surface area contributed by atoms with Crippen molar-refractivity contribution >= 4 is 68.2 Å². The molecule has 0 aromatic heterocycles. The van der Waals surface area contributed by atoms with Gasteiger partial charge in [-0.25, -0.2) is 0 Å². The Bertz CT molecular complexity index is 3960. The zero-order valence-corrected chi connectivity index (χ0v) is 47.8. The zero-order valence-electron chi connectivity index (χ0n) is 47.8. The van der Waals surface area contributed by atoms with Crippen molar-refractivity contribution < 1.29 is 0 Å². The van der Waals surface area contributed by atoms with Crippen LogP contribution >= 0.6 is 0 Å². The quantitative estimate of drug-likeness (QED) is 0.121. The summed E-state index contributed by atoms with van der Waals surface area (Å²) < 4.78 is 0. The first-order valence-corrected chi connectivity index (χ1v) is 28.9. The SMILES string of the molecule is Cc1ccc(N(c2ccccc2)c2ccc3c(c2)C2(c4cc(N(c5ccccc5)c5ccc(C)cc5)ccc4-c4ccc(N(c5ccc(C)cc5)c5ccc(C)cc5)cc42)c2cc(N(c4ccc(C)cc4)c4ccc(C)cc4)ccc2-3)cc1. The average molecular weight is 1070 g/mol. The summed E-state index contributed by atoms with van der Waals surface area (Å²) in [6.07, 6.45) is 0. The molecule has 0 N–H and O–H groups in total. The maximum Gasteiger partial charge on any atom is 0.0728 e. The van der Waals surface area contributed by atoms with Crippen LogP contribution in [0.2, 0.25) is 0 Å². The lowest BCUT2D eigenvalue weighted by atomic mass is 9.70. The van der Waals surface area contributed by atoms with Gasteiger partial charge >= 0.3 is 0 Å². The Kier molecular flexibility index (Phi) is 12.7. The van der Waals surface area contributed by atoms with Gasteiger partial charge in [-0.1, -0.05) is 167 Å². The number of hydrogen-bond donors (Lipinski definition) is 0. The lowest BCUT2D eigenvalue weighted by Gasteiger charge is -2.35. The van der Waals surface area contributed by atoms with Gasteiger partial charge in [0.25, 0.3) is 0 Å². The average Bonchev–Trinajstić information content (AvgIpc) is 1.92. The van der Waals surface area contributed by atoms with Crippen molar-refractivity contribution in [1.82, 2.24) is 0 Å². The minimum absolute atomic E-state index is 0.836. The molecule has 0 unspecified atom stereocenters. The molecule has 0 atom stereocenters. The van der Waals surface area contributed by atoms with Crippen LogP contribution in [0.15, 0.2) is 279 Å². The minimum Gasteiger partial charge on any atom is -0.310 e. The molecular formula is C79H64N4. The Morgan fingerprint density at radius 2 is 0.349 bits per heavy atom. The third-order valence-electron chi connectivity index (χ3n) is 17.0. The molecule has 0 saturated carbocycles. The number of rotatable bonds is 12. The van der Waals surface area contributed by atoms with Gasteiger partial charge in [0.05, 0.1) is 5.41 Å². The molecule has 2 aliphatic carbocycles. The number of benzene rings is 12. The van der Waals surface area contributed by atoms with Gasteiger partial charge in [-0.15, -0.1) is 0 Å². The van der Waals surface area contributed by atoms with Crippen molar-refractivity contribution in [3.8, 4) is 22.3 Å². The predicted molar refractivity (Wildman–Crippen MR) is 350 cm³/mol. The van der Waals surface area contributed by atoms with Crippen molar-refractivity contribution in [1.29, 1.82) is 0 Å². The van der Waals surface area contributed by atoms with Crippen LogP contribution < -0.4 is 19.6 Å². The van der Waals surface area contributed by atoms with E-state index >= 15 is 0 Å². The van der Waals surface area contributed by atoms with Crippen LogP contribution in [0.3, 0.4) is 0 Å². The maximum atomic E-state index is 2.52. The summed E-state index contributed by atoms with van der Waals surface area (Å²) in [5.41, 5.74) is 29.4. The molecular weight excluding hydrogens is 1000 g/mol. The molecule has 0 saturated heterocycles. The molecule has 0 amide bonds. The van der Waals surface area contributed by atoms with Gasteiger partial charge in [-0.2, -0.15) is 0 Å². The van der Waals surface area contributed by atoms with Crippen molar-refractivity contribution in [2.45, 2.75) is 47.0 Å². The molecule has 14 rings (SSSR count). The molecule has 12 aromatic carbocycles. The van der Waals surface area contributed by atoms with Gasteiger partial charge in [0, 0.05) is 68.2 Å². The van der Waals surface area contributed by atoms with E-state index in [0.29, 0.717) is 0 Å². The summed E-state index contributed by atoms with van der Waals surface area (Å²) in [5, 5.41) is 0.